The molecule has 1 heterocycles. The van der Waals surface area contributed by atoms with Crippen molar-refractivity contribution in [1.82, 2.24) is 5.32 Å². The second-order valence-electron chi connectivity index (χ2n) is 9.53. The molecule has 3 aromatic rings. The number of sulfonamides is 1. The summed E-state index contributed by atoms with van der Waals surface area (Å²) in [6, 6.07) is 21.2. The van der Waals surface area contributed by atoms with Gasteiger partial charge in [0.15, 0.2) is 0 Å². The molecule has 1 atom stereocenters. The first-order valence-electron chi connectivity index (χ1n) is 11.9. The zero-order chi connectivity index (χ0) is 25.2. The Bertz CT molecular complexity index is 1320. The van der Waals surface area contributed by atoms with Crippen LogP contribution < -0.4 is 14.4 Å². The maximum atomic E-state index is 13.7. The van der Waals surface area contributed by atoms with Crippen LogP contribution in [0.15, 0.2) is 77.7 Å². The fourth-order valence-corrected chi connectivity index (χ4v) is 6.01. The van der Waals surface area contributed by atoms with E-state index in [0.29, 0.717) is 18.5 Å². The van der Waals surface area contributed by atoms with Crippen molar-refractivity contribution in [3.8, 4) is 5.75 Å². The average molecular weight is 493 g/mol. The van der Waals surface area contributed by atoms with E-state index in [0.717, 1.165) is 22.4 Å². The number of amides is 1. The van der Waals surface area contributed by atoms with E-state index in [4.69, 9.17) is 4.74 Å². The Balaban J connectivity index is 1.67. The summed E-state index contributed by atoms with van der Waals surface area (Å²) < 4.78 is 34.8. The molecule has 4 rings (SSSR count). The summed E-state index contributed by atoms with van der Waals surface area (Å²) in [7, 11) is -3.96. The molecule has 0 bridgehead atoms. The standard InChI is InChI=1S/C28H32N2O4S/c1-5-21-11-9-10-14-25(21)30(35(32,33)22-12-7-6-8-13-22)19-27(31)29-24-18-28(3,4)34-26-17-20(2)15-16-23(24)26/h6-17,24H,5,18-19H2,1-4H3,(H,29,31). The molecule has 1 unspecified atom stereocenters. The first-order chi connectivity index (χ1) is 16.6. The quantitative estimate of drug-likeness (QED) is 0.494. The molecule has 7 heteroatoms. The van der Waals surface area contributed by atoms with E-state index in [-0.39, 0.29) is 23.4 Å². The van der Waals surface area contributed by atoms with Crippen molar-refractivity contribution >= 4 is 21.6 Å². The lowest BCUT2D eigenvalue weighted by Gasteiger charge is -2.38. The molecule has 0 spiro atoms. The number of hydrogen-bond donors (Lipinski definition) is 1. The van der Waals surface area contributed by atoms with Gasteiger partial charge in [0.1, 0.15) is 17.9 Å². The van der Waals surface area contributed by atoms with E-state index >= 15 is 0 Å². The monoisotopic (exact) mass is 492 g/mol. The number of para-hydroxylation sites is 1. The van der Waals surface area contributed by atoms with E-state index in [1.807, 2.05) is 58.0 Å². The molecule has 0 saturated heterocycles. The summed E-state index contributed by atoms with van der Waals surface area (Å²) >= 11 is 0. The van der Waals surface area contributed by atoms with Gasteiger partial charge in [0.25, 0.3) is 10.0 Å². The molecule has 1 aliphatic heterocycles. The number of carbonyl (C=O) groups excluding carboxylic acids is 1. The van der Waals surface area contributed by atoms with E-state index < -0.39 is 15.6 Å². The summed E-state index contributed by atoms with van der Waals surface area (Å²) in [6.07, 6.45) is 1.21. The van der Waals surface area contributed by atoms with Crippen LogP contribution >= 0.6 is 0 Å². The van der Waals surface area contributed by atoms with Crippen molar-refractivity contribution in [2.75, 3.05) is 10.8 Å². The van der Waals surface area contributed by atoms with Gasteiger partial charge in [-0.05, 0) is 62.6 Å². The molecule has 0 fully saturated rings. The predicted molar refractivity (Wildman–Crippen MR) is 138 cm³/mol. The third-order valence-electron chi connectivity index (χ3n) is 6.22. The van der Waals surface area contributed by atoms with Gasteiger partial charge in [-0.3, -0.25) is 9.10 Å². The van der Waals surface area contributed by atoms with Crippen LogP contribution in [0, 0.1) is 6.92 Å². The zero-order valence-electron chi connectivity index (χ0n) is 20.6. The van der Waals surface area contributed by atoms with E-state index in [1.54, 1.807) is 42.5 Å². The molecule has 6 nitrogen and oxygen atoms in total. The van der Waals surface area contributed by atoms with Crippen LogP contribution in [-0.2, 0) is 21.2 Å². The smallest absolute Gasteiger partial charge is 0.264 e. The third-order valence-corrected chi connectivity index (χ3v) is 8.00. The number of nitrogens with zero attached hydrogens (tertiary/aromatic N) is 1. The second-order valence-corrected chi connectivity index (χ2v) is 11.4. The van der Waals surface area contributed by atoms with Crippen LogP contribution in [0.2, 0.25) is 0 Å². The minimum atomic E-state index is -3.96. The van der Waals surface area contributed by atoms with Crippen LogP contribution in [0.1, 0.15) is 49.9 Å². The molecule has 35 heavy (non-hydrogen) atoms. The number of ether oxygens (including phenoxy) is 1. The number of nitrogens with one attached hydrogen (secondary N) is 1. The second kappa shape index (κ2) is 9.74. The van der Waals surface area contributed by atoms with Gasteiger partial charge in [0.05, 0.1) is 16.6 Å². The Hall–Kier alpha value is -3.32. The van der Waals surface area contributed by atoms with Crippen LogP contribution in [0.5, 0.6) is 5.75 Å². The Morgan fingerprint density at radius 2 is 1.74 bits per heavy atom. The van der Waals surface area contributed by atoms with E-state index in [2.05, 4.69) is 5.32 Å². The van der Waals surface area contributed by atoms with Gasteiger partial charge in [-0.2, -0.15) is 0 Å². The lowest BCUT2D eigenvalue weighted by atomic mass is 9.89. The topological polar surface area (TPSA) is 75.7 Å². The summed E-state index contributed by atoms with van der Waals surface area (Å²) in [5.74, 6) is 0.376. The van der Waals surface area contributed by atoms with Crippen molar-refractivity contribution in [1.29, 1.82) is 0 Å². The highest BCUT2D eigenvalue weighted by molar-refractivity contribution is 7.92. The molecule has 1 N–H and O–H groups in total. The summed E-state index contributed by atoms with van der Waals surface area (Å²) in [4.78, 5) is 13.5. The number of rotatable bonds is 7. The van der Waals surface area contributed by atoms with Crippen LogP contribution in [0.3, 0.4) is 0 Å². The summed E-state index contributed by atoms with van der Waals surface area (Å²) in [6.45, 7) is 7.61. The molecule has 0 radical (unpaired) electrons. The molecular weight excluding hydrogens is 460 g/mol. The average Bonchev–Trinajstić information content (AvgIpc) is 2.82. The van der Waals surface area contributed by atoms with Crippen molar-refractivity contribution in [2.45, 2.75) is 57.1 Å². The maximum absolute atomic E-state index is 13.7. The van der Waals surface area contributed by atoms with Gasteiger partial charge in [-0.1, -0.05) is 55.5 Å². The molecule has 1 amide bonds. The Labute approximate surface area is 208 Å². The van der Waals surface area contributed by atoms with Crippen molar-refractivity contribution in [3.63, 3.8) is 0 Å². The fraction of sp³-hybridized carbons (Fsp3) is 0.321. The Kier molecular flexibility index (Phi) is 6.90. The van der Waals surface area contributed by atoms with Gasteiger partial charge >= 0.3 is 0 Å². The first-order valence-corrected chi connectivity index (χ1v) is 13.3. The molecule has 184 valence electrons. The van der Waals surface area contributed by atoms with Crippen LogP contribution in [-0.4, -0.2) is 26.5 Å². The SMILES string of the molecule is CCc1ccccc1N(CC(=O)NC1CC(C)(C)Oc2cc(C)ccc21)S(=O)(=O)c1ccccc1. The number of aryl methyl sites for hydroxylation is 2. The molecule has 0 aliphatic carbocycles. The predicted octanol–water partition coefficient (Wildman–Crippen LogP) is 5.17. The lowest BCUT2D eigenvalue weighted by Crippen LogP contribution is -2.45. The maximum Gasteiger partial charge on any atom is 0.264 e. The number of fused-ring (bicyclic) bond motifs is 1. The number of hydrogen-bond acceptors (Lipinski definition) is 4. The highest BCUT2D eigenvalue weighted by atomic mass is 32.2. The molecular formula is C28H32N2O4S. The van der Waals surface area contributed by atoms with Gasteiger partial charge in [0, 0.05) is 12.0 Å². The van der Waals surface area contributed by atoms with Gasteiger partial charge in [-0.25, -0.2) is 8.42 Å². The largest absolute Gasteiger partial charge is 0.487 e. The third kappa shape index (κ3) is 5.35. The van der Waals surface area contributed by atoms with Gasteiger partial charge < -0.3 is 10.1 Å². The van der Waals surface area contributed by atoms with E-state index in [1.165, 1.54) is 4.31 Å². The van der Waals surface area contributed by atoms with Gasteiger partial charge in [-0.15, -0.1) is 0 Å². The Morgan fingerprint density at radius 1 is 1.06 bits per heavy atom. The van der Waals surface area contributed by atoms with Crippen LogP contribution in [0.25, 0.3) is 0 Å². The number of benzene rings is 3. The Morgan fingerprint density at radius 3 is 2.46 bits per heavy atom. The minimum absolute atomic E-state index is 0.145. The first kappa shape index (κ1) is 24.8. The van der Waals surface area contributed by atoms with Crippen molar-refractivity contribution in [2.24, 2.45) is 0 Å². The number of carbonyl (C=O) groups is 1. The summed E-state index contributed by atoms with van der Waals surface area (Å²) in [5, 5.41) is 3.09. The minimum Gasteiger partial charge on any atom is -0.487 e. The van der Waals surface area contributed by atoms with Crippen LogP contribution in [0.4, 0.5) is 5.69 Å². The zero-order valence-corrected chi connectivity index (χ0v) is 21.4. The molecule has 0 saturated carbocycles. The summed E-state index contributed by atoms with van der Waals surface area (Å²) in [5.41, 5.74) is 2.87. The molecule has 0 aromatic heterocycles. The molecule has 3 aromatic carbocycles. The van der Waals surface area contributed by atoms with E-state index in [9.17, 15) is 13.2 Å². The normalized spacial score (nSPS) is 16.6. The van der Waals surface area contributed by atoms with Gasteiger partial charge in [0.2, 0.25) is 5.91 Å². The van der Waals surface area contributed by atoms with Crippen molar-refractivity contribution in [3.05, 3.63) is 89.5 Å². The molecule has 1 aliphatic rings. The lowest BCUT2D eigenvalue weighted by molar-refractivity contribution is -0.120. The number of anilines is 1. The highest BCUT2D eigenvalue weighted by Crippen LogP contribution is 2.40. The van der Waals surface area contributed by atoms with Crippen molar-refractivity contribution < 1.29 is 17.9 Å². The highest BCUT2D eigenvalue weighted by Gasteiger charge is 2.36. The fourth-order valence-electron chi connectivity index (χ4n) is 4.53.